The Hall–Kier alpha value is -2.94. The van der Waals surface area contributed by atoms with E-state index in [9.17, 15) is 23.3 Å². The fourth-order valence-electron chi connectivity index (χ4n) is 2.00. The molecule has 0 aliphatic rings. The van der Waals surface area contributed by atoms with Crippen molar-refractivity contribution in [2.24, 2.45) is 0 Å². The summed E-state index contributed by atoms with van der Waals surface area (Å²) in [4.78, 5) is 21.5. The minimum absolute atomic E-state index is 0.166. The molecule has 8 nitrogen and oxygen atoms in total. The predicted molar refractivity (Wildman–Crippen MR) is 90.9 cm³/mol. The SMILES string of the molecule is CC(C)OC(=O)c1ccc(NS(=O)(=O)c2ccccc2[N+](=O)[O-])cc1. The number of nitro groups is 1. The minimum atomic E-state index is -4.15. The predicted octanol–water partition coefficient (Wildman–Crippen LogP) is 2.96. The van der Waals surface area contributed by atoms with Crippen molar-refractivity contribution in [3.63, 3.8) is 0 Å². The molecule has 0 aromatic heterocycles. The largest absolute Gasteiger partial charge is 0.459 e. The van der Waals surface area contributed by atoms with Crippen molar-refractivity contribution in [1.82, 2.24) is 0 Å². The van der Waals surface area contributed by atoms with E-state index in [4.69, 9.17) is 4.74 Å². The summed E-state index contributed by atoms with van der Waals surface area (Å²) >= 11 is 0. The monoisotopic (exact) mass is 364 g/mol. The fraction of sp³-hybridized carbons (Fsp3) is 0.188. The molecule has 0 amide bonds. The van der Waals surface area contributed by atoms with E-state index in [2.05, 4.69) is 4.72 Å². The van der Waals surface area contributed by atoms with Gasteiger partial charge in [-0.1, -0.05) is 12.1 Å². The van der Waals surface area contributed by atoms with E-state index < -0.39 is 31.5 Å². The summed E-state index contributed by atoms with van der Waals surface area (Å²) in [6, 6.07) is 10.6. The molecule has 0 unspecified atom stereocenters. The van der Waals surface area contributed by atoms with Crippen LogP contribution in [0.3, 0.4) is 0 Å². The molecule has 9 heteroatoms. The quantitative estimate of drug-likeness (QED) is 0.478. The normalized spacial score (nSPS) is 11.2. The molecule has 0 heterocycles. The van der Waals surface area contributed by atoms with Crippen molar-refractivity contribution in [2.45, 2.75) is 24.8 Å². The molecular formula is C16H16N2O6S. The lowest BCUT2D eigenvalue weighted by Crippen LogP contribution is -2.15. The van der Waals surface area contributed by atoms with Gasteiger partial charge in [0.15, 0.2) is 4.90 Å². The molecule has 0 saturated heterocycles. The smallest absolute Gasteiger partial charge is 0.338 e. The van der Waals surface area contributed by atoms with Gasteiger partial charge in [-0.2, -0.15) is 0 Å². The summed E-state index contributed by atoms with van der Waals surface area (Å²) < 4.78 is 32.1. The lowest BCUT2D eigenvalue weighted by Gasteiger charge is -2.10. The van der Waals surface area contributed by atoms with Crippen LogP contribution in [0.4, 0.5) is 11.4 Å². The van der Waals surface area contributed by atoms with Crippen LogP contribution in [0.2, 0.25) is 0 Å². The third kappa shape index (κ3) is 4.54. The van der Waals surface area contributed by atoms with E-state index in [0.29, 0.717) is 0 Å². The molecular weight excluding hydrogens is 348 g/mol. The van der Waals surface area contributed by atoms with Gasteiger partial charge in [-0.3, -0.25) is 14.8 Å². The van der Waals surface area contributed by atoms with Gasteiger partial charge in [-0.05, 0) is 44.2 Å². The highest BCUT2D eigenvalue weighted by atomic mass is 32.2. The van der Waals surface area contributed by atoms with Crippen molar-refractivity contribution in [1.29, 1.82) is 0 Å². The van der Waals surface area contributed by atoms with Gasteiger partial charge in [-0.15, -0.1) is 0 Å². The summed E-state index contributed by atoms with van der Waals surface area (Å²) in [5.41, 5.74) is -0.0891. The van der Waals surface area contributed by atoms with Crippen molar-refractivity contribution in [3.8, 4) is 0 Å². The number of nitro benzene ring substituents is 1. The van der Waals surface area contributed by atoms with E-state index in [1.165, 1.54) is 36.4 Å². The van der Waals surface area contributed by atoms with E-state index in [0.717, 1.165) is 12.1 Å². The second-order valence-corrected chi connectivity index (χ2v) is 7.01. The molecule has 0 atom stereocenters. The van der Waals surface area contributed by atoms with Gasteiger partial charge in [0.2, 0.25) is 0 Å². The number of hydrogen-bond acceptors (Lipinski definition) is 6. The van der Waals surface area contributed by atoms with Gasteiger partial charge in [0.25, 0.3) is 15.7 Å². The Balaban J connectivity index is 2.25. The van der Waals surface area contributed by atoms with Crippen LogP contribution in [0, 0.1) is 10.1 Å². The molecule has 1 N–H and O–H groups in total. The van der Waals surface area contributed by atoms with Crippen molar-refractivity contribution in [3.05, 3.63) is 64.2 Å². The van der Waals surface area contributed by atoms with E-state index >= 15 is 0 Å². The number of nitrogens with zero attached hydrogens (tertiary/aromatic N) is 1. The number of nitrogens with one attached hydrogen (secondary N) is 1. The number of rotatable bonds is 6. The number of ether oxygens (including phenoxy) is 1. The summed E-state index contributed by atoms with van der Waals surface area (Å²) in [5.74, 6) is -0.525. The average molecular weight is 364 g/mol. The summed E-state index contributed by atoms with van der Waals surface area (Å²) in [7, 11) is -4.15. The zero-order valence-electron chi connectivity index (χ0n) is 13.5. The molecule has 0 saturated carbocycles. The Morgan fingerprint density at radius 1 is 1.12 bits per heavy atom. The highest BCUT2D eigenvalue weighted by Crippen LogP contribution is 2.25. The van der Waals surface area contributed by atoms with Crippen LogP contribution in [0.15, 0.2) is 53.4 Å². The number of carbonyl (C=O) groups excluding carboxylic acids is 1. The maximum absolute atomic E-state index is 12.4. The fourth-order valence-corrected chi connectivity index (χ4v) is 3.23. The van der Waals surface area contributed by atoms with Crippen LogP contribution in [-0.2, 0) is 14.8 Å². The van der Waals surface area contributed by atoms with E-state index in [1.807, 2.05) is 0 Å². The first-order chi connectivity index (χ1) is 11.7. The Kier molecular flexibility index (Phi) is 5.38. The first kappa shape index (κ1) is 18.4. The Labute approximate surface area is 144 Å². The van der Waals surface area contributed by atoms with Crippen molar-refractivity contribution < 1.29 is 22.9 Å². The Morgan fingerprint density at radius 2 is 1.72 bits per heavy atom. The third-order valence-corrected chi connectivity index (χ3v) is 4.50. The van der Waals surface area contributed by atoms with Crippen LogP contribution in [0.5, 0.6) is 0 Å². The van der Waals surface area contributed by atoms with E-state index in [-0.39, 0.29) is 17.4 Å². The third-order valence-electron chi connectivity index (χ3n) is 3.07. The van der Waals surface area contributed by atoms with E-state index in [1.54, 1.807) is 13.8 Å². The van der Waals surface area contributed by atoms with Gasteiger partial charge in [0.1, 0.15) is 0 Å². The average Bonchev–Trinajstić information content (AvgIpc) is 2.54. The van der Waals surface area contributed by atoms with Crippen molar-refractivity contribution in [2.75, 3.05) is 4.72 Å². The van der Waals surface area contributed by atoms with Crippen LogP contribution < -0.4 is 4.72 Å². The molecule has 2 rings (SSSR count). The number of anilines is 1. The maximum Gasteiger partial charge on any atom is 0.338 e. The van der Waals surface area contributed by atoms with Gasteiger partial charge in [-0.25, -0.2) is 13.2 Å². The zero-order valence-corrected chi connectivity index (χ0v) is 14.3. The number of benzene rings is 2. The minimum Gasteiger partial charge on any atom is -0.459 e. The highest BCUT2D eigenvalue weighted by Gasteiger charge is 2.25. The number of para-hydroxylation sites is 1. The number of sulfonamides is 1. The second-order valence-electron chi connectivity index (χ2n) is 5.36. The summed E-state index contributed by atoms with van der Waals surface area (Å²) in [6.07, 6.45) is -0.274. The molecule has 0 fully saturated rings. The molecule has 0 spiro atoms. The Morgan fingerprint density at radius 3 is 2.28 bits per heavy atom. The molecule has 25 heavy (non-hydrogen) atoms. The molecule has 0 aliphatic heterocycles. The molecule has 132 valence electrons. The summed E-state index contributed by atoms with van der Waals surface area (Å²) in [6.45, 7) is 3.43. The zero-order chi connectivity index (χ0) is 18.6. The standard InChI is InChI=1S/C16H16N2O6S/c1-11(2)24-16(19)12-7-9-13(10-8-12)17-25(22,23)15-6-4-3-5-14(15)18(20)21/h3-11,17H,1-2H3. The van der Waals surface area contributed by atoms with Crippen molar-refractivity contribution >= 4 is 27.4 Å². The molecule has 2 aromatic carbocycles. The number of carbonyl (C=O) groups is 1. The first-order valence-electron chi connectivity index (χ1n) is 7.28. The molecule has 0 radical (unpaired) electrons. The first-order valence-corrected chi connectivity index (χ1v) is 8.76. The maximum atomic E-state index is 12.4. The van der Waals surface area contributed by atoms with Crippen LogP contribution in [0.25, 0.3) is 0 Å². The topological polar surface area (TPSA) is 116 Å². The lowest BCUT2D eigenvalue weighted by atomic mass is 10.2. The van der Waals surface area contributed by atoms with Crippen LogP contribution in [-0.4, -0.2) is 25.4 Å². The number of esters is 1. The van der Waals surface area contributed by atoms with Gasteiger partial charge < -0.3 is 4.74 Å². The lowest BCUT2D eigenvalue weighted by molar-refractivity contribution is -0.387. The summed E-state index contributed by atoms with van der Waals surface area (Å²) in [5, 5.41) is 11.0. The molecule has 0 bridgehead atoms. The van der Waals surface area contributed by atoms with Gasteiger partial charge in [0, 0.05) is 11.8 Å². The van der Waals surface area contributed by atoms with Gasteiger partial charge >= 0.3 is 5.97 Å². The van der Waals surface area contributed by atoms with Gasteiger partial charge in [0.05, 0.1) is 16.6 Å². The molecule has 2 aromatic rings. The van der Waals surface area contributed by atoms with Crippen LogP contribution >= 0.6 is 0 Å². The van der Waals surface area contributed by atoms with Crippen LogP contribution in [0.1, 0.15) is 24.2 Å². The second kappa shape index (κ2) is 7.31. The molecule has 0 aliphatic carbocycles. The Bertz CT molecular complexity index is 891. The highest BCUT2D eigenvalue weighted by molar-refractivity contribution is 7.92. The number of hydrogen-bond donors (Lipinski definition) is 1.